The van der Waals surface area contributed by atoms with Crippen molar-refractivity contribution in [3.63, 3.8) is 0 Å². The molecule has 0 aromatic heterocycles. The van der Waals surface area contributed by atoms with Crippen LogP contribution in [-0.4, -0.2) is 46.6 Å². The first kappa shape index (κ1) is 22.8. The zero-order valence-electron chi connectivity index (χ0n) is 21.5. The molecule has 194 valence electrons. The number of piperidine rings is 1. The zero-order valence-corrected chi connectivity index (χ0v) is 21.5. The van der Waals surface area contributed by atoms with Gasteiger partial charge in [-0.05, 0) is 67.3 Å². The van der Waals surface area contributed by atoms with Gasteiger partial charge in [0.15, 0.2) is 23.4 Å². The van der Waals surface area contributed by atoms with Gasteiger partial charge in [0.05, 0.1) is 11.0 Å². The Kier molecular flexibility index (Phi) is 4.90. The molecule has 3 fully saturated rings. The van der Waals surface area contributed by atoms with Crippen molar-refractivity contribution < 1.29 is 19.4 Å². The topological polar surface area (TPSA) is 59.0 Å². The largest absolute Gasteiger partial charge is 0.485 e. The Hall–Kier alpha value is -3.15. The minimum absolute atomic E-state index is 0.0169. The third kappa shape index (κ3) is 3.09. The maximum absolute atomic E-state index is 14.3. The Morgan fingerprint density at radius 1 is 1.00 bits per heavy atom. The average Bonchev–Trinajstić information content (AvgIpc) is 3.69. The van der Waals surface area contributed by atoms with E-state index in [2.05, 4.69) is 11.0 Å². The van der Waals surface area contributed by atoms with E-state index in [0.717, 1.165) is 48.5 Å². The minimum atomic E-state index is -1.05. The standard InChI is InChI=1S/C33H33NO4/c35-29-25(23-9-5-2-6-10-23)18-33(36)27-17-24-13-14-26(37-20-22-7-3-1-4-8-22)30-28(24)32(33,31(29)38-30)15-16-34(27)19-21-11-12-21/h1-10,13-14,21,25,27,31,36H,11-12,15-20H2/t25-,27-,31+,32+,33-/m1/s1. The summed E-state index contributed by atoms with van der Waals surface area (Å²) in [6.07, 6.45) is 3.81. The number of nitrogens with zero attached hydrogens (tertiary/aromatic N) is 1. The Morgan fingerprint density at radius 2 is 1.76 bits per heavy atom. The lowest BCUT2D eigenvalue weighted by Gasteiger charge is -2.63. The highest BCUT2D eigenvalue weighted by Crippen LogP contribution is 2.66. The number of carbonyl (C=O) groups is 1. The Labute approximate surface area is 223 Å². The van der Waals surface area contributed by atoms with Gasteiger partial charge in [-0.2, -0.15) is 0 Å². The third-order valence-electron chi connectivity index (χ3n) is 10.1. The van der Waals surface area contributed by atoms with Gasteiger partial charge in [0.2, 0.25) is 0 Å². The molecule has 5 nitrogen and oxygen atoms in total. The molecule has 0 unspecified atom stereocenters. The highest BCUT2D eigenvalue weighted by atomic mass is 16.5. The number of rotatable bonds is 6. The molecule has 2 bridgehead atoms. The molecule has 5 atom stereocenters. The molecule has 3 aliphatic carbocycles. The van der Waals surface area contributed by atoms with E-state index in [1.165, 1.54) is 18.4 Å². The summed E-state index contributed by atoms with van der Waals surface area (Å²) in [5.74, 6) is 1.80. The Morgan fingerprint density at radius 3 is 2.53 bits per heavy atom. The van der Waals surface area contributed by atoms with Gasteiger partial charge in [0.25, 0.3) is 0 Å². The molecule has 2 saturated carbocycles. The van der Waals surface area contributed by atoms with Crippen LogP contribution in [0.5, 0.6) is 11.5 Å². The van der Waals surface area contributed by atoms with Crippen LogP contribution in [0.3, 0.4) is 0 Å². The van der Waals surface area contributed by atoms with Crippen molar-refractivity contribution in [2.45, 2.75) is 67.8 Å². The fourth-order valence-electron chi connectivity index (χ4n) is 8.11. The SMILES string of the molecule is O=C1[C@@H](c2ccccc2)C[C@@]2(O)[C@H]3Cc4ccc(OCc5ccccc5)c5c4[C@@]2(CCN3CC2CC2)[C@H]1O5. The van der Waals surface area contributed by atoms with E-state index >= 15 is 0 Å². The summed E-state index contributed by atoms with van der Waals surface area (Å²) in [5.41, 5.74) is 2.52. The van der Waals surface area contributed by atoms with Gasteiger partial charge in [0, 0.05) is 24.1 Å². The fourth-order valence-corrected chi connectivity index (χ4v) is 8.11. The fraction of sp³-hybridized carbons (Fsp3) is 0.424. The Balaban J connectivity index is 1.25. The first-order valence-corrected chi connectivity index (χ1v) is 14.1. The third-order valence-corrected chi connectivity index (χ3v) is 10.1. The number of Topliss-reactive ketones (excluding diaryl/α,β-unsaturated/α-hetero) is 1. The second kappa shape index (κ2) is 8.17. The summed E-state index contributed by atoms with van der Waals surface area (Å²) in [6.45, 7) is 2.36. The second-order valence-electron chi connectivity index (χ2n) is 12.1. The van der Waals surface area contributed by atoms with Crippen LogP contribution in [0.4, 0.5) is 0 Å². The molecule has 5 aliphatic rings. The number of carbonyl (C=O) groups excluding carboxylic acids is 1. The van der Waals surface area contributed by atoms with E-state index in [4.69, 9.17) is 9.47 Å². The van der Waals surface area contributed by atoms with E-state index in [0.29, 0.717) is 24.5 Å². The molecule has 1 saturated heterocycles. The molecule has 0 amide bonds. The van der Waals surface area contributed by atoms with Crippen molar-refractivity contribution >= 4 is 5.78 Å². The first-order chi connectivity index (χ1) is 18.6. The van der Waals surface area contributed by atoms with Crippen LogP contribution in [0.15, 0.2) is 72.8 Å². The van der Waals surface area contributed by atoms with Gasteiger partial charge in [-0.25, -0.2) is 0 Å². The molecule has 3 aromatic carbocycles. The van der Waals surface area contributed by atoms with Gasteiger partial charge in [-0.1, -0.05) is 66.7 Å². The Bertz CT molecular complexity index is 1400. The lowest BCUT2D eigenvalue weighted by atomic mass is 9.47. The maximum atomic E-state index is 14.3. The molecule has 8 rings (SSSR count). The molecule has 0 radical (unpaired) electrons. The summed E-state index contributed by atoms with van der Waals surface area (Å²) in [6, 6.07) is 24.2. The minimum Gasteiger partial charge on any atom is -0.485 e. The van der Waals surface area contributed by atoms with Crippen molar-refractivity contribution in [1.29, 1.82) is 0 Å². The van der Waals surface area contributed by atoms with E-state index in [1.54, 1.807) is 0 Å². The van der Waals surface area contributed by atoms with Crippen LogP contribution in [0, 0.1) is 5.92 Å². The monoisotopic (exact) mass is 507 g/mol. The number of hydrogen-bond donors (Lipinski definition) is 1. The molecule has 3 aromatic rings. The van der Waals surface area contributed by atoms with Gasteiger partial charge < -0.3 is 14.6 Å². The predicted molar refractivity (Wildman–Crippen MR) is 143 cm³/mol. The number of benzene rings is 3. The van der Waals surface area contributed by atoms with Crippen LogP contribution in [0.2, 0.25) is 0 Å². The average molecular weight is 508 g/mol. The molecular weight excluding hydrogens is 474 g/mol. The molecule has 2 aliphatic heterocycles. The summed E-state index contributed by atoms with van der Waals surface area (Å²) < 4.78 is 13.0. The van der Waals surface area contributed by atoms with Gasteiger partial charge in [0.1, 0.15) is 6.61 Å². The van der Waals surface area contributed by atoms with Crippen molar-refractivity contribution in [1.82, 2.24) is 4.90 Å². The van der Waals surface area contributed by atoms with E-state index < -0.39 is 17.1 Å². The summed E-state index contributed by atoms with van der Waals surface area (Å²) in [4.78, 5) is 16.8. The van der Waals surface area contributed by atoms with Crippen LogP contribution in [0.1, 0.15) is 53.9 Å². The van der Waals surface area contributed by atoms with E-state index in [9.17, 15) is 9.90 Å². The zero-order chi connectivity index (χ0) is 25.5. The second-order valence-corrected chi connectivity index (χ2v) is 12.1. The van der Waals surface area contributed by atoms with Crippen molar-refractivity contribution in [3.8, 4) is 11.5 Å². The lowest BCUT2D eigenvalue weighted by molar-refractivity contribution is -0.192. The van der Waals surface area contributed by atoms with Gasteiger partial charge in [-0.3, -0.25) is 9.69 Å². The van der Waals surface area contributed by atoms with E-state index in [-0.39, 0.29) is 17.7 Å². The van der Waals surface area contributed by atoms with Crippen molar-refractivity contribution in [2.24, 2.45) is 5.92 Å². The number of likely N-dealkylation sites (tertiary alicyclic amines) is 1. The predicted octanol–water partition coefficient (Wildman–Crippen LogP) is 4.79. The first-order valence-electron chi connectivity index (χ1n) is 14.1. The summed E-state index contributed by atoms with van der Waals surface area (Å²) in [7, 11) is 0. The smallest absolute Gasteiger partial charge is 0.181 e. The molecule has 5 heteroatoms. The van der Waals surface area contributed by atoms with Crippen LogP contribution < -0.4 is 9.47 Å². The van der Waals surface area contributed by atoms with Crippen molar-refractivity contribution in [2.75, 3.05) is 13.1 Å². The van der Waals surface area contributed by atoms with Crippen molar-refractivity contribution in [3.05, 3.63) is 95.1 Å². The highest BCUT2D eigenvalue weighted by Gasteiger charge is 2.74. The van der Waals surface area contributed by atoms with Crippen LogP contribution in [-0.2, 0) is 23.2 Å². The number of hydrogen-bond acceptors (Lipinski definition) is 5. The highest BCUT2D eigenvalue weighted by molar-refractivity contribution is 5.95. The molecule has 1 N–H and O–H groups in total. The molecular formula is C33H33NO4. The quantitative estimate of drug-likeness (QED) is 0.520. The summed E-state index contributed by atoms with van der Waals surface area (Å²) in [5, 5.41) is 12.9. The number of ether oxygens (including phenoxy) is 2. The molecule has 2 heterocycles. The maximum Gasteiger partial charge on any atom is 0.181 e. The number of aliphatic hydroxyl groups is 1. The molecule has 1 spiro atoms. The van der Waals surface area contributed by atoms with Crippen LogP contribution >= 0.6 is 0 Å². The van der Waals surface area contributed by atoms with Gasteiger partial charge in [-0.15, -0.1) is 0 Å². The van der Waals surface area contributed by atoms with Gasteiger partial charge >= 0.3 is 0 Å². The summed E-state index contributed by atoms with van der Waals surface area (Å²) >= 11 is 0. The number of ketones is 1. The normalized spacial score (nSPS) is 33.0. The van der Waals surface area contributed by atoms with Crippen LogP contribution in [0.25, 0.3) is 0 Å². The lowest BCUT2D eigenvalue weighted by Crippen LogP contribution is -2.77. The molecule has 38 heavy (non-hydrogen) atoms. The van der Waals surface area contributed by atoms with E-state index in [1.807, 2.05) is 66.7 Å².